The fourth-order valence-corrected chi connectivity index (χ4v) is 2.15. The van der Waals surface area contributed by atoms with E-state index in [1.807, 2.05) is 0 Å². The molecule has 0 amide bonds. The zero-order chi connectivity index (χ0) is 16.8. The van der Waals surface area contributed by atoms with Gasteiger partial charge in [-0.2, -0.15) is 5.26 Å². The third-order valence-corrected chi connectivity index (χ3v) is 3.33. The van der Waals surface area contributed by atoms with Crippen molar-refractivity contribution in [2.45, 2.75) is 0 Å². The van der Waals surface area contributed by atoms with Gasteiger partial charge >= 0.3 is 0 Å². The second kappa shape index (κ2) is 7.23. The van der Waals surface area contributed by atoms with E-state index in [-0.39, 0.29) is 5.75 Å². The Bertz CT molecular complexity index is 775. The van der Waals surface area contributed by atoms with Crippen LogP contribution in [0.4, 0.5) is 0 Å². The highest BCUT2D eigenvalue weighted by Crippen LogP contribution is 2.32. The Kier molecular flexibility index (Phi) is 5.11. The monoisotopic (exact) mass is 311 g/mol. The van der Waals surface area contributed by atoms with Crippen molar-refractivity contribution in [3.8, 4) is 29.1 Å². The lowest BCUT2D eigenvalue weighted by molar-refractivity contribution is 0.355. The second-order valence-electron chi connectivity index (χ2n) is 4.67. The van der Waals surface area contributed by atoms with Gasteiger partial charge in [-0.15, -0.1) is 0 Å². The lowest BCUT2D eigenvalue weighted by Crippen LogP contribution is -1.92. The summed E-state index contributed by atoms with van der Waals surface area (Å²) in [7, 11) is 4.58. The maximum Gasteiger partial charge on any atom is 0.161 e. The van der Waals surface area contributed by atoms with Crippen molar-refractivity contribution in [2.75, 3.05) is 21.3 Å². The highest BCUT2D eigenvalue weighted by molar-refractivity contribution is 5.90. The molecule has 0 saturated heterocycles. The van der Waals surface area contributed by atoms with Crippen molar-refractivity contribution in [3.63, 3.8) is 0 Å². The summed E-state index contributed by atoms with van der Waals surface area (Å²) in [6, 6.07) is 12.4. The summed E-state index contributed by atoms with van der Waals surface area (Å²) >= 11 is 0. The third-order valence-electron chi connectivity index (χ3n) is 3.33. The number of nitrogens with zero attached hydrogens (tertiary/aromatic N) is 1. The molecule has 2 aromatic carbocycles. The highest BCUT2D eigenvalue weighted by atomic mass is 16.5. The molecule has 0 heterocycles. The minimum atomic E-state index is 0.0193. The van der Waals surface area contributed by atoms with Crippen LogP contribution in [0, 0.1) is 11.3 Å². The van der Waals surface area contributed by atoms with Crippen LogP contribution in [0.5, 0.6) is 23.0 Å². The predicted octanol–water partition coefficient (Wildman–Crippen LogP) is 3.48. The van der Waals surface area contributed by atoms with Crippen molar-refractivity contribution < 1.29 is 19.3 Å². The second-order valence-corrected chi connectivity index (χ2v) is 4.67. The Morgan fingerprint density at radius 1 is 0.957 bits per heavy atom. The molecule has 0 bridgehead atoms. The van der Waals surface area contributed by atoms with Crippen LogP contribution in [0.15, 0.2) is 36.4 Å². The minimum absolute atomic E-state index is 0.0193. The van der Waals surface area contributed by atoms with Gasteiger partial charge in [0.2, 0.25) is 0 Å². The van der Waals surface area contributed by atoms with Crippen LogP contribution in [0.1, 0.15) is 11.1 Å². The number of hydrogen-bond donors (Lipinski definition) is 1. The minimum Gasteiger partial charge on any atom is -0.504 e. The van der Waals surface area contributed by atoms with Crippen LogP contribution in [0.2, 0.25) is 0 Å². The molecule has 118 valence electrons. The molecular weight excluding hydrogens is 294 g/mol. The number of ether oxygens (including phenoxy) is 3. The van der Waals surface area contributed by atoms with Crippen LogP contribution < -0.4 is 14.2 Å². The van der Waals surface area contributed by atoms with Crippen molar-refractivity contribution in [1.82, 2.24) is 0 Å². The lowest BCUT2D eigenvalue weighted by atomic mass is 10.0. The Balaban J connectivity index is 2.43. The Morgan fingerprint density at radius 2 is 1.61 bits per heavy atom. The molecule has 0 atom stereocenters. The SMILES string of the molecule is COc1ccc(/C=C(\C#N)c2ccc(OC)c(OC)c2)cc1O. The van der Waals surface area contributed by atoms with Gasteiger partial charge in [0.25, 0.3) is 0 Å². The first-order valence-corrected chi connectivity index (χ1v) is 6.84. The summed E-state index contributed by atoms with van der Waals surface area (Å²) in [6.07, 6.45) is 1.68. The molecule has 0 unspecified atom stereocenters. The number of aromatic hydroxyl groups is 1. The molecule has 0 fully saturated rings. The van der Waals surface area contributed by atoms with Gasteiger partial charge in [0.1, 0.15) is 0 Å². The number of methoxy groups -OCH3 is 3. The Hall–Kier alpha value is -3.13. The quantitative estimate of drug-likeness (QED) is 0.676. The summed E-state index contributed by atoms with van der Waals surface area (Å²) < 4.78 is 15.4. The summed E-state index contributed by atoms with van der Waals surface area (Å²) in [6.45, 7) is 0. The van der Waals surface area contributed by atoms with E-state index in [4.69, 9.17) is 14.2 Å². The van der Waals surface area contributed by atoms with Gasteiger partial charge in [-0.05, 0) is 47.5 Å². The van der Waals surface area contributed by atoms with Gasteiger partial charge in [0.15, 0.2) is 23.0 Å². The smallest absolute Gasteiger partial charge is 0.161 e. The molecule has 0 aliphatic carbocycles. The van der Waals surface area contributed by atoms with E-state index in [9.17, 15) is 10.4 Å². The van der Waals surface area contributed by atoms with E-state index in [1.54, 1.807) is 50.6 Å². The van der Waals surface area contributed by atoms with Gasteiger partial charge in [-0.25, -0.2) is 0 Å². The standard InChI is InChI=1S/C18H17NO4/c1-21-16-6-4-12(9-15(16)20)8-14(11-19)13-5-7-17(22-2)18(10-13)23-3/h4-10,20H,1-3H3/b14-8+. The number of hydrogen-bond acceptors (Lipinski definition) is 5. The van der Waals surface area contributed by atoms with Crippen molar-refractivity contribution in [2.24, 2.45) is 0 Å². The van der Waals surface area contributed by atoms with E-state index in [0.29, 0.717) is 33.9 Å². The average molecular weight is 311 g/mol. The van der Waals surface area contributed by atoms with E-state index in [2.05, 4.69) is 6.07 Å². The van der Waals surface area contributed by atoms with E-state index < -0.39 is 0 Å². The Morgan fingerprint density at radius 3 is 2.17 bits per heavy atom. The molecule has 5 nitrogen and oxygen atoms in total. The first-order chi connectivity index (χ1) is 11.1. The molecule has 1 N–H and O–H groups in total. The topological polar surface area (TPSA) is 71.7 Å². The van der Waals surface area contributed by atoms with E-state index >= 15 is 0 Å². The van der Waals surface area contributed by atoms with Crippen LogP contribution in [-0.4, -0.2) is 26.4 Å². The van der Waals surface area contributed by atoms with Crippen molar-refractivity contribution in [3.05, 3.63) is 47.5 Å². The van der Waals surface area contributed by atoms with Crippen molar-refractivity contribution >= 4 is 11.6 Å². The number of phenolic OH excluding ortho intramolecular Hbond substituents is 1. The zero-order valence-corrected chi connectivity index (χ0v) is 13.2. The predicted molar refractivity (Wildman–Crippen MR) is 87.7 cm³/mol. The molecule has 2 rings (SSSR count). The molecule has 0 aliphatic rings. The summed E-state index contributed by atoms with van der Waals surface area (Å²) in [5.74, 6) is 1.54. The van der Waals surface area contributed by atoms with Crippen LogP contribution in [-0.2, 0) is 0 Å². The van der Waals surface area contributed by atoms with Gasteiger partial charge < -0.3 is 19.3 Å². The first-order valence-electron chi connectivity index (χ1n) is 6.84. The molecule has 0 radical (unpaired) electrons. The van der Waals surface area contributed by atoms with E-state index in [0.717, 1.165) is 0 Å². The largest absolute Gasteiger partial charge is 0.504 e. The highest BCUT2D eigenvalue weighted by Gasteiger charge is 2.09. The molecule has 0 aliphatic heterocycles. The summed E-state index contributed by atoms with van der Waals surface area (Å²) in [4.78, 5) is 0. The average Bonchev–Trinajstić information content (AvgIpc) is 2.59. The first kappa shape index (κ1) is 16.2. The molecule has 2 aromatic rings. The van der Waals surface area contributed by atoms with Gasteiger partial charge in [0, 0.05) is 0 Å². The Labute approximate surface area is 135 Å². The van der Waals surface area contributed by atoms with Gasteiger partial charge in [-0.1, -0.05) is 6.07 Å². The fourth-order valence-electron chi connectivity index (χ4n) is 2.15. The lowest BCUT2D eigenvalue weighted by Gasteiger charge is -2.09. The van der Waals surface area contributed by atoms with Gasteiger partial charge in [-0.3, -0.25) is 0 Å². The number of allylic oxidation sites excluding steroid dienone is 1. The number of phenols is 1. The number of nitriles is 1. The number of benzene rings is 2. The maximum absolute atomic E-state index is 9.82. The van der Waals surface area contributed by atoms with Crippen LogP contribution in [0.3, 0.4) is 0 Å². The van der Waals surface area contributed by atoms with Crippen LogP contribution >= 0.6 is 0 Å². The molecule has 0 saturated carbocycles. The molecule has 23 heavy (non-hydrogen) atoms. The van der Waals surface area contributed by atoms with Crippen LogP contribution in [0.25, 0.3) is 11.6 Å². The summed E-state index contributed by atoms with van der Waals surface area (Å²) in [5, 5.41) is 19.2. The van der Waals surface area contributed by atoms with E-state index in [1.165, 1.54) is 13.2 Å². The molecule has 5 heteroatoms. The molecule has 0 aromatic heterocycles. The van der Waals surface area contributed by atoms with Crippen molar-refractivity contribution in [1.29, 1.82) is 5.26 Å². The zero-order valence-electron chi connectivity index (χ0n) is 13.2. The third kappa shape index (κ3) is 3.55. The summed E-state index contributed by atoms with van der Waals surface area (Å²) in [5.41, 5.74) is 1.82. The normalized spacial score (nSPS) is 10.8. The molecule has 0 spiro atoms. The number of rotatable bonds is 5. The van der Waals surface area contributed by atoms with Gasteiger partial charge in [0.05, 0.1) is 33.0 Å². The fraction of sp³-hybridized carbons (Fsp3) is 0.167. The maximum atomic E-state index is 9.82. The molecular formula is C18H17NO4.